The van der Waals surface area contributed by atoms with Crippen LogP contribution >= 0.6 is 0 Å². The van der Waals surface area contributed by atoms with Crippen LogP contribution < -0.4 is 5.32 Å². The van der Waals surface area contributed by atoms with Crippen molar-refractivity contribution in [1.82, 2.24) is 0 Å². The molecular formula is C14H21NO. The zero-order valence-corrected chi connectivity index (χ0v) is 10.8. The number of hydrogen-bond donors (Lipinski definition) is 1. The predicted molar refractivity (Wildman–Crippen MR) is 69.0 cm³/mol. The van der Waals surface area contributed by atoms with E-state index >= 15 is 0 Å². The van der Waals surface area contributed by atoms with Crippen LogP contribution in [0.5, 0.6) is 0 Å². The predicted octanol–water partition coefficient (Wildman–Crippen LogP) is 3.29. The summed E-state index contributed by atoms with van der Waals surface area (Å²) >= 11 is 0. The second-order valence-corrected chi connectivity index (χ2v) is 5.34. The van der Waals surface area contributed by atoms with E-state index < -0.39 is 0 Å². The lowest BCUT2D eigenvalue weighted by Gasteiger charge is -2.21. The first kappa shape index (κ1) is 12.8. The molecule has 0 heterocycles. The number of aryl methyl sites for hydroxylation is 1. The van der Waals surface area contributed by atoms with Crippen molar-refractivity contribution in [2.75, 3.05) is 11.9 Å². The summed E-state index contributed by atoms with van der Waals surface area (Å²) in [5.41, 5.74) is 3.65. The van der Waals surface area contributed by atoms with Crippen LogP contribution in [0.4, 0.5) is 5.69 Å². The van der Waals surface area contributed by atoms with Gasteiger partial charge >= 0.3 is 0 Å². The molecule has 0 saturated carbocycles. The van der Waals surface area contributed by atoms with E-state index in [0.29, 0.717) is 6.54 Å². The Labute approximate surface area is 98.1 Å². The number of carbonyl (C=O) groups is 1. The Morgan fingerprint density at radius 3 is 2.44 bits per heavy atom. The van der Waals surface area contributed by atoms with Crippen molar-refractivity contribution < 1.29 is 4.79 Å². The number of ketones is 1. The van der Waals surface area contributed by atoms with Gasteiger partial charge in [0, 0.05) is 5.69 Å². The Morgan fingerprint density at radius 2 is 1.94 bits per heavy atom. The van der Waals surface area contributed by atoms with Crippen LogP contribution in [0.15, 0.2) is 18.2 Å². The standard InChI is InChI=1S/C14H21NO/c1-10-6-7-12(14(3,4)5)8-13(10)15-9-11(2)16/h6-8,15H,9H2,1-5H3. The van der Waals surface area contributed by atoms with Crippen LogP contribution in [0.3, 0.4) is 0 Å². The fourth-order valence-electron chi connectivity index (χ4n) is 1.50. The van der Waals surface area contributed by atoms with Gasteiger partial charge in [-0.2, -0.15) is 0 Å². The van der Waals surface area contributed by atoms with E-state index in [1.165, 1.54) is 11.1 Å². The van der Waals surface area contributed by atoms with E-state index in [2.05, 4.69) is 51.2 Å². The first-order valence-corrected chi connectivity index (χ1v) is 5.65. The molecule has 88 valence electrons. The Hall–Kier alpha value is -1.31. The normalized spacial score (nSPS) is 11.3. The second kappa shape index (κ2) is 4.69. The topological polar surface area (TPSA) is 29.1 Å². The highest BCUT2D eigenvalue weighted by molar-refractivity contribution is 5.80. The Morgan fingerprint density at radius 1 is 1.31 bits per heavy atom. The van der Waals surface area contributed by atoms with Crippen molar-refractivity contribution >= 4 is 11.5 Å². The average molecular weight is 219 g/mol. The van der Waals surface area contributed by atoms with Crippen LogP contribution in [-0.2, 0) is 10.2 Å². The van der Waals surface area contributed by atoms with Gasteiger partial charge in [0.1, 0.15) is 5.78 Å². The highest BCUT2D eigenvalue weighted by atomic mass is 16.1. The fraction of sp³-hybridized carbons (Fsp3) is 0.500. The first-order valence-electron chi connectivity index (χ1n) is 5.65. The van der Waals surface area contributed by atoms with Crippen molar-refractivity contribution in [2.24, 2.45) is 0 Å². The molecular weight excluding hydrogens is 198 g/mol. The van der Waals surface area contributed by atoms with Crippen molar-refractivity contribution in [3.8, 4) is 0 Å². The third-order valence-corrected chi connectivity index (χ3v) is 2.63. The van der Waals surface area contributed by atoms with Gasteiger partial charge < -0.3 is 5.32 Å². The van der Waals surface area contributed by atoms with Crippen LogP contribution in [-0.4, -0.2) is 12.3 Å². The van der Waals surface area contributed by atoms with Gasteiger partial charge in [-0.15, -0.1) is 0 Å². The van der Waals surface area contributed by atoms with E-state index in [1.807, 2.05) is 0 Å². The minimum Gasteiger partial charge on any atom is -0.378 e. The largest absolute Gasteiger partial charge is 0.378 e. The van der Waals surface area contributed by atoms with Gasteiger partial charge in [0.05, 0.1) is 6.54 Å². The zero-order chi connectivity index (χ0) is 12.3. The summed E-state index contributed by atoms with van der Waals surface area (Å²) in [6, 6.07) is 6.38. The third kappa shape index (κ3) is 3.37. The van der Waals surface area contributed by atoms with Gasteiger partial charge in [0.25, 0.3) is 0 Å². The van der Waals surface area contributed by atoms with Crippen LogP contribution in [0.2, 0.25) is 0 Å². The number of nitrogens with one attached hydrogen (secondary N) is 1. The number of benzene rings is 1. The molecule has 0 aromatic heterocycles. The van der Waals surface area contributed by atoms with Gasteiger partial charge in [-0.05, 0) is 36.5 Å². The smallest absolute Gasteiger partial charge is 0.148 e. The summed E-state index contributed by atoms with van der Waals surface area (Å²) in [5.74, 6) is 0.153. The molecule has 2 heteroatoms. The molecule has 1 rings (SSSR count). The summed E-state index contributed by atoms with van der Waals surface area (Å²) in [6.07, 6.45) is 0. The monoisotopic (exact) mass is 219 g/mol. The summed E-state index contributed by atoms with van der Waals surface area (Å²) in [5, 5.41) is 3.18. The first-order chi connectivity index (χ1) is 7.30. The Kier molecular flexibility index (Phi) is 3.74. The molecule has 1 aromatic carbocycles. The van der Waals surface area contributed by atoms with Crippen LogP contribution in [0, 0.1) is 6.92 Å². The summed E-state index contributed by atoms with van der Waals surface area (Å²) in [6.45, 7) is 10.6. The van der Waals surface area contributed by atoms with Crippen molar-refractivity contribution in [1.29, 1.82) is 0 Å². The minimum atomic E-state index is 0.139. The lowest BCUT2D eigenvalue weighted by Crippen LogP contribution is -2.14. The van der Waals surface area contributed by atoms with Crippen LogP contribution in [0.25, 0.3) is 0 Å². The van der Waals surface area contributed by atoms with E-state index in [4.69, 9.17) is 0 Å². The van der Waals surface area contributed by atoms with Gasteiger partial charge in [-0.25, -0.2) is 0 Å². The van der Waals surface area contributed by atoms with E-state index in [1.54, 1.807) is 6.92 Å². The van der Waals surface area contributed by atoms with Gasteiger partial charge in [-0.3, -0.25) is 4.79 Å². The summed E-state index contributed by atoms with van der Waals surface area (Å²) in [4.78, 5) is 10.9. The van der Waals surface area contributed by atoms with Crippen LogP contribution in [0.1, 0.15) is 38.8 Å². The van der Waals surface area contributed by atoms with E-state index in [9.17, 15) is 4.79 Å². The molecule has 0 unspecified atom stereocenters. The summed E-state index contributed by atoms with van der Waals surface area (Å²) in [7, 11) is 0. The van der Waals surface area contributed by atoms with Gasteiger partial charge in [-0.1, -0.05) is 32.9 Å². The molecule has 0 aliphatic carbocycles. The molecule has 0 aliphatic heterocycles. The fourth-order valence-corrected chi connectivity index (χ4v) is 1.50. The molecule has 1 N–H and O–H groups in total. The van der Waals surface area contributed by atoms with E-state index in [0.717, 1.165) is 5.69 Å². The van der Waals surface area contributed by atoms with E-state index in [-0.39, 0.29) is 11.2 Å². The maximum absolute atomic E-state index is 10.9. The maximum Gasteiger partial charge on any atom is 0.148 e. The van der Waals surface area contributed by atoms with Crippen molar-refractivity contribution in [3.05, 3.63) is 29.3 Å². The molecule has 0 saturated heterocycles. The van der Waals surface area contributed by atoms with Gasteiger partial charge in [0.15, 0.2) is 0 Å². The molecule has 0 spiro atoms. The Bertz CT molecular complexity index is 388. The number of Topliss-reactive ketones (excluding diaryl/α,β-unsaturated/α-hetero) is 1. The molecule has 16 heavy (non-hydrogen) atoms. The lowest BCUT2D eigenvalue weighted by molar-refractivity contribution is -0.115. The average Bonchev–Trinajstić information content (AvgIpc) is 2.14. The van der Waals surface area contributed by atoms with Crippen molar-refractivity contribution in [3.63, 3.8) is 0 Å². The van der Waals surface area contributed by atoms with Gasteiger partial charge in [0.2, 0.25) is 0 Å². The highest BCUT2D eigenvalue weighted by Crippen LogP contribution is 2.26. The molecule has 0 radical (unpaired) electrons. The number of hydrogen-bond acceptors (Lipinski definition) is 2. The molecule has 0 aliphatic rings. The SMILES string of the molecule is CC(=O)CNc1cc(C(C)(C)C)ccc1C. The molecule has 0 fully saturated rings. The number of rotatable bonds is 3. The van der Waals surface area contributed by atoms with Crippen molar-refractivity contribution in [2.45, 2.75) is 40.0 Å². The number of anilines is 1. The molecule has 1 aromatic rings. The molecule has 2 nitrogen and oxygen atoms in total. The third-order valence-electron chi connectivity index (χ3n) is 2.63. The highest BCUT2D eigenvalue weighted by Gasteiger charge is 2.14. The zero-order valence-electron chi connectivity index (χ0n) is 10.8. The minimum absolute atomic E-state index is 0.139. The molecule has 0 bridgehead atoms. The molecule has 0 atom stereocenters. The molecule has 0 amide bonds. The maximum atomic E-state index is 10.9. The second-order valence-electron chi connectivity index (χ2n) is 5.34. The number of carbonyl (C=O) groups excluding carboxylic acids is 1. The summed E-state index contributed by atoms with van der Waals surface area (Å²) < 4.78 is 0. The lowest BCUT2D eigenvalue weighted by atomic mass is 9.86. The quantitative estimate of drug-likeness (QED) is 0.845. The Balaban J connectivity index is 2.95.